The highest BCUT2D eigenvalue weighted by atomic mass is 32.1. The van der Waals surface area contributed by atoms with E-state index >= 15 is 0 Å². The fourth-order valence-corrected chi connectivity index (χ4v) is 7.39. The number of aliphatic carboxylic acids is 1. The maximum Gasteiger partial charge on any atom is 0.307 e. The van der Waals surface area contributed by atoms with Gasteiger partial charge in [-0.25, -0.2) is 4.98 Å². The van der Waals surface area contributed by atoms with Crippen molar-refractivity contribution in [1.29, 1.82) is 0 Å². The van der Waals surface area contributed by atoms with Crippen LogP contribution in [0.15, 0.2) is 41.8 Å². The van der Waals surface area contributed by atoms with Crippen LogP contribution in [0.4, 0.5) is 5.13 Å². The van der Waals surface area contributed by atoms with Crippen LogP contribution in [0.3, 0.4) is 0 Å². The maximum atomic E-state index is 12.8. The zero-order chi connectivity index (χ0) is 28.0. The van der Waals surface area contributed by atoms with Crippen LogP contribution in [0.2, 0.25) is 0 Å². The average Bonchev–Trinajstić information content (AvgIpc) is 3.66. The monoisotopic (exact) mass is 561 g/mol. The Morgan fingerprint density at radius 2 is 1.82 bits per heavy atom. The fraction of sp³-hybridized carbons (Fsp3) is 0.452. The summed E-state index contributed by atoms with van der Waals surface area (Å²) in [5.74, 6) is 0.194. The van der Waals surface area contributed by atoms with E-state index in [1.54, 1.807) is 16.2 Å². The maximum absolute atomic E-state index is 12.8. The Balaban J connectivity index is 1.16. The summed E-state index contributed by atoms with van der Waals surface area (Å²) in [6.07, 6.45) is 2.14. The number of fused-ring (bicyclic) bond motifs is 2. The summed E-state index contributed by atoms with van der Waals surface area (Å²) >= 11 is 1.60. The third-order valence-electron chi connectivity index (χ3n) is 8.72. The molecule has 40 heavy (non-hydrogen) atoms. The molecule has 8 nitrogen and oxygen atoms in total. The first-order valence-corrected chi connectivity index (χ1v) is 14.9. The van der Waals surface area contributed by atoms with Crippen LogP contribution in [0, 0.1) is 31.6 Å². The largest absolute Gasteiger partial charge is 0.488 e. The predicted octanol–water partition coefficient (Wildman–Crippen LogP) is 4.76. The SMILES string of the molecule is Cc1ccc(OCc2ccc(C(=O)N3CC[C@@H](O)C3)cc2C)c(-c2csc(N3CC4CC[C@@H](C3)C4C(=O)O)n2)c1. The second-order valence-electron chi connectivity index (χ2n) is 11.5. The highest BCUT2D eigenvalue weighted by Crippen LogP contribution is 2.44. The number of aromatic nitrogens is 1. The number of hydrogen-bond acceptors (Lipinski definition) is 7. The molecule has 4 atom stereocenters. The molecule has 6 rings (SSSR count). The van der Waals surface area contributed by atoms with E-state index in [1.807, 2.05) is 44.2 Å². The molecule has 2 aromatic carbocycles. The van der Waals surface area contributed by atoms with Crippen molar-refractivity contribution in [2.45, 2.75) is 45.8 Å². The highest BCUT2D eigenvalue weighted by molar-refractivity contribution is 7.14. The Kier molecular flexibility index (Phi) is 7.27. The number of ether oxygens (including phenoxy) is 1. The summed E-state index contributed by atoms with van der Waals surface area (Å²) in [7, 11) is 0. The Morgan fingerprint density at radius 1 is 1.05 bits per heavy atom. The molecular formula is C31H35N3O5S. The van der Waals surface area contributed by atoms with Crippen LogP contribution >= 0.6 is 11.3 Å². The Hall–Kier alpha value is -3.43. The number of carbonyl (C=O) groups excluding carboxylic acids is 1. The van der Waals surface area contributed by atoms with Crippen LogP contribution in [0.5, 0.6) is 5.75 Å². The molecule has 1 saturated carbocycles. The van der Waals surface area contributed by atoms with E-state index < -0.39 is 12.1 Å². The van der Waals surface area contributed by atoms with Crippen LogP contribution in [-0.4, -0.2) is 64.3 Å². The van der Waals surface area contributed by atoms with Gasteiger partial charge in [0.1, 0.15) is 12.4 Å². The zero-order valence-corrected chi connectivity index (χ0v) is 23.7. The molecule has 2 saturated heterocycles. The molecule has 2 bridgehead atoms. The summed E-state index contributed by atoms with van der Waals surface area (Å²) < 4.78 is 6.32. The van der Waals surface area contributed by atoms with Crippen molar-refractivity contribution >= 4 is 28.3 Å². The van der Waals surface area contributed by atoms with Gasteiger partial charge in [-0.15, -0.1) is 11.3 Å². The van der Waals surface area contributed by atoms with E-state index in [0.29, 0.717) is 31.7 Å². The first-order chi connectivity index (χ1) is 19.3. The Bertz CT molecular complexity index is 1420. The van der Waals surface area contributed by atoms with Gasteiger partial charge in [0.2, 0.25) is 0 Å². The van der Waals surface area contributed by atoms with E-state index in [2.05, 4.69) is 16.3 Å². The molecule has 0 radical (unpaired) electrons. The summed E-state index contributed by atoms with van der Waals surface area (Å²) in [4.78, 5) is 33.5. The van der Waals surface area contributed by atoms with E-state index in [1.165, 1.54) is 0 Å². The second-order valence-corrected chi connectivity index (χ2v) is 12.3. The third-order valence-corrected chi connectivity index (χ3v) is 9.62. The average molecular weight is 562 g/mol. The van der Waals surface area contributed by atoms with Crippen molar-refractivity contribution in [3.63, 3.8) is 0 Å². The molecular weight excluding hydrogens is 526 g/mol. The van der Waals surface area contributed by atoms with Gasteiger partial charge in [-0.2, -0.15) is 0 Å². The lowest BCUT2D eigenvalue weighted by atomic mass is 9.85. The Morgan fingerprint density at radius 3 is 2.50 bits per heavy atom. The van der Waals surface area contributed by atoms with Crippen molar-refractivity contribution in [2.75, 3.05) is 31.1 Å². The van der Waals surface area contributed by atoms with Crippen LogP contribution in [0.25, 0.3) is 11.3 Å². The number of nitrogens with zero attached hydrogens (tertiary/aromatic N) is 3. The minimum absolute atomic E-state index is 0.0486. The second kappa shape index (κ2) is 10.9. The molecule has 3 heterocycles. The van der Waals surface area contributed by atoms with Crippen LogP contribution < -0.4 is 9.64 Å². The number of amides is 1. The molecule has 1 aromatic heterocycles. The predicted molar refractivity (Wildman–Crippen MR) is 154 cm³/mol. The third kappa shape index (κ3) is 5.20. The smallest absolute Gasteiger partial charge is 0.307 e. The molecule has 3 aromatic rings. The van der Waals surface area contributed by atoms with E-state index in [9.17, 15) is 19.8 Å². The van der Waals surface area contributed by atoms with Gasteiger partial charge in [-0.05, 0) is 80.3 Å². The van der Waals surface area contributed by atoms with Crippen molar-refractivity contribution in [2.24, 2.45) is 17.8 Å². The minimum atomic E-state index is -0.656. The number of carbonyl (C=O) groups is 2. The van der Waals surface area contributed by atoms with Crippen molar-refractivity contribution in [3.8, 4) is 17.0 Å². The lowest BCUT2D eigenvalue weighted by Gasteiger charge is -2.35. The number of aliphatic hydroxyl groups is 1. The number of benzene rings is 2. The number of β-amino-alcohol motifs (C(OH)–C–C–N with tert-alkyl or cyclic N) is 1. The summed E-state index contributed by atoms with van der Waals surface area (Å²) in [5.41, 5.74) is 5.51. The normalized spacial score (nSPS) is 24.0. The summed E-state index contributed by atoms with van der Waals surface area (Å²) in [5, 5.41) is 22.4. The number of carboxylic acids is 1. The molecule has 210 valence electrons. The molecule has 0 spiro atoms. The van der Waals surface area contributed by atoms with E-state index in [4.69, 9.17) is 9.72 Å². The number of thiazole rings is 1. The van der Waals surface area contributed by atoms with Gasteiger partial charge in [-0.3, -0.25) is 9.59 Å². The molecule has 1 aliphatic carbocycles. The van der Waals surface area contributed by atoms with Crippen molar-refractivity contribution in [3.05, 3.63) is 64.0 Å². The summed E-state index contributed by atoms with van der Waals surface area (Å²) in [6.45, 7) is 6.86. The van der Waals surface area contributed by atoms with E-state index in [-0.39, 0.29) is 23.7 Å². The van der Waals surface area contributed by atoms with Gasteiger partial charge in [0.25, 0.3) is 5.91 Å². The first-order valence-electron chi connectivity index (χ1n) is 14.0. The molecule has 9 heteroatoms. The van der Waals surface area contributed by atoms with Gasteiger partial charge in [0.05, 0.1) is 17.7 Å². The standard InChI is InChI=1S/C31H35N3O5S/c1-18-3-8-27(39-16-23-7-4-20(12-19(23)2)29(36)33-10-9-24(35)15-33)25(11-18)26-17-40-31(32-26)34-13-21-5-6-22(14-34)28(21)30(37)38/h3-4,7-8,11-12,17,21-22,24,28,35H,5-6,9-10,13-16H2,1-2H3,(H,37,38)/t21-,22?,24+,28?/m0/s1. The van der Waals surface area contributed by atoms with Gasteiger partial charge in [0, 0.05) is 42.7 Å². The zero-order valence-electron chi connectivity index (χ0n) is 22.9. The van der Waals surface area contributed by atoms with Gasteiger partial charge < -0.3 is 24.7 Å². The van der Waals surface area contributed by atoms with Crippen molar-refractivity contribution < 1.29 is 24.5 Å². The van der Waals surface area contributed by atoms with Crippen molar-refractivity contribution in [1.82, 2.24) is 9.88 Å². The molecule has 3 aliphatic rings. The molecule has 1 amide bonds. The number of piperidine rings is 1. The van der Waals surface area contributed by atoms with Crippen LogP contribution in [0.1, 0.15) is 46.3 Å². The van der Waals surface area contributed by atoms with E-state index in [0.717, 1.165) is 64.8 Å². The number of rotatable bonds is 7. The van der Waals surface area contributed by atoms with Gasteiger partial charge >= 0.3 is 5.97 Å². The topological polar surface area (TPSA) is 103 Å². The quantitative estimate of drug-likeness (QED) is 0.429. The number of aryl methyl sites for hydroxylation is 2. The van der Waals surface area contributed by atoms with Crippen LogP contribution in [-0.2, 0) is 11.4 Å². The lowest BCUT2D eigenvalue weighted by Crippen LogP contribution is -2.44. The molecule has 2 N–H and O–H groups in total. The minimum Gasteiger partial charge on any atom is -0.488 e. The number of hydrogen-bond donors (Lipinski definition) is 2. The number of anilines is 1. The fourth-order valence-electron chi connectivity index (χ4n) is 6.54. The first kappa shape index (κ1) is 26.8. The molecule has 3 fully saturated rings. The Labute approximate surface area is 238 Å². The number of carboxylic acid groups (broad SMARTS) is 1. The summed E-state index contributed by atoms with van der Waals surface area (Å²) in [6, 6.07) is 11.8. The number of likely N-dealkylation sites (tertiary alicyclic amines) is 1. The molecule has 2 aliphatic heterocycles. The number of aliphatic hydroxyl groups excluding tert-OH is 1. The lowest BCUT2D eigenvalue weighted by molar-refractivity contribution is -0.144. The molecule has 2 unspecified atom stereocenters. The van der Waals surface area contributed by atoms with Gasteiger partial charge in [0.15, 0.2) is 5.13 Å². The van der Waals surface area contributed by atoms with Gasteiger partial charge in [-0.1, -0.05) is 17.7 Å². The highest BCUT2D eigenvalue weighted by Gasteiger charge is 2.46.